The summed E-state index contributed by atoms with van der Waals surface area (Å²) in [5.74, 6) is -1.16. The topological polar surface area (TPSA) is 102 Å². The van der Waals surface area contributed by atoms with E-state index in [0.717, 1.165) is 24.8 Å². The minimum Gasteiger partial charge on any atom is -0.480 e. The molecule has 0 aliphatic heterocycles. The molecule has 0 saturated carbocycles. The van der Waals surface area contributed by atoms with Crippen molar-refractivity contribution in [1.29, 1.82) is 5.26 Å². The van der Waals surface area contributed by atoms with Crippen molar-refractivity contribution in [2.24, 2.45) is 0 Å². The Kier molecular flexibility index (Phi) is 9.07. The molecule has 2 unspecified atom stereocenters. The third-order valence-corrected chi connectivity index (χ3v) is 5.84. The molecule has 1 aliphatic carbocycles. The van der Waals surface area contributed by atoms with Crippen LogP contribution in [-0.2, 0) is 22.4 Å². The van der Waals surface area contributed by atoms with Gasteiger partial charge in [-0.3, -0.25) is 4.79 Å². The quantitative estimate of drug-likeness (QED) is 0.400. The molecule has 2 rings (SSSR count). The zero-order chi connectivity index (χ0) is 21.2. The van der Waals surface area contributed by atoms with Gasteiger partial charge in [0.1, 0.15) is 17.7 Å². The fourth-order valence-corrected chi connectivity index (χ4v) is 3.95. The van der Waals surface area contributed by atoms with Crippen molar-refractivity contribution in [2.45, 2.75) is 57.5 Å². The number of hydrogen-bond acceptors (Lipinski definition) is 5. The van der Waals surface area contributed by atoms with Crippen LogP contribution in [0.1, 0.15) is 55.3 Å². The first kappa shape index (κ1) is 22.8. The third kappa shape index (κ3) is 6.53. The first-order valence-corrected chi connectivity index (χ1v) is 11.4. The Morgan fingerprint density at radius 2 is 2.03 bits per heavy atom. The van der Waals surface area contributed by atoms with E-state index in [9.17, 15) is 20.0 Å². The lowest BCUT2D eigenvalue weighted by Gasteiger charge is -2.21. The van der Waals surface area contributed by atoms with E-state index in [4.69, 9.17) is 0 Å². The molecule has 0 heterocycles. The first-order chi connectivity index (χ1) is 14.0. The molecule has 156 valence electrons. The van der Waals surface area contributed by atoms with Crippen LogP contribution >= 0.6 is 11.8 Å². The fourth-order valence-electron chi connectivity index (χ4n) is 3.48. The maximum Gasteiger partial charge on any atom is 0.326 e. The summed E-state index contributed by atoms with van der Waals surface area (Å²) in [5, 5.41) is 24.2. The van der Waals surface area contributed by atoms with Crippen LogP contribution in [0.15, 0.2) is 30.0 Å². The average molecular weight is 416 g/mol. The molecular formula is C22H29N3O3S. The first-order valence-electron chi connectivity index (χ1n) is 10.0. The highest BCUT2D eigenvalue weighted by atomic mass is 32.2. The van der Waals surface area contributed by atoms with Gasteiger partial charge in [-0.1, -0.05) is 25.1 Å². The molecule has 1 aromatic carbocycles. The highest BCUT2D eigenvalue weighted by Crippen LogP contribution is 2.26. The Balaban J connectivity index is 2.08. The van der Waals surface area contributed by atoms with Gasteiger partial charge in [0.2, 0.25) is 0 Å². The van der Waals surface area contributed by atoms with E-state index in [2.05, 4.69) is 28.8 Å². The van der Waals surface area contributed by atoms with Gasteiger partial charge in [-0.25, -0.2) is 4.79 Å². The summed E-state index contributed by atoms with van der Waals surface area (Å²) >= 11 is 1.51. The number of carbonyl (C=O) groups excluding carboxylic acids is 1. The molecule has 0 spiro atoms. The molecule has 1 aliphatic rings. The Labute approximate surface area is 176 Å². The summed E-state index contributed by atoms with van der Waals surface area (Å²) < 4.78 is 0. The van der Waals surface area contributed by atoms with Crippen LogP contribution < -0.4 is 10.6 Å². The van der Waals surface area contributed by atoms with Gasteiger partial charge in [0.05, 0.1) is 6.04 Å². The summed E-state index contributed by atoms with van der Waals surface area (Å²) in [6.07, 6.45) is 9.03. The number of nitrogens with one attached hydrogen (secondary N) is 2. The van der Waals surface area contributed by atoms with E-state index in [1.54, 1.807) is 0 Å². The van der Waals surface area contributed by atoms with Crippen LogP contribution in [0.2, 0.25) is 0 Å². The summed E-state index contributed by atoms with van der Waals surface area (Å²) in [6.45, 7) is 2.04. The molecule has 2 atom stereocenters. The van der Waals surface area contributed by atoms with Gasteiger partial charge < -0.3 is 15.7 Å². The SMILES string of the molecule is CCC(N/C=C(/C#N)C(=O)NC(CCSC)C(=O)O)c1ccc2c(c1)CCCC2. The van der Waals surface area contributed by atoms with Gasteiger partial charge in [0.25, 0.3) is 5.91 Å². The maximum absolute atomic E-state index is 12.4. The zero-order valence-corrected chi connectivity index (χ0v) is 17.8. The molecule has 29 heavy (non-hydrogen) atoms. The number of fused-ring (bicyclic) bond motifs is 1. The van der Waals surface area contributed by atoms with E-state index in [1.807, 2.05) is 19.2 Å². The monoisotopic (exact) mass is 415 g/mol. The minimum absolute atomic E-state index is 0.0230. The van der Waals surface area contributed by atoms with Crippen molar-refractivity contribution in [3.63, 3.8) is 0 Å². The van der Waals surface area contributed by atoms with E-state index in [-0.39, 0.29) is 11.6 Å². The molecule has 6 nitrogen and oxygen atoms in total. The van der Waals surface area contributed by atoms with Crippen LogP contribution in [0.4, 0.5) is 0 Å². The largest absolute Gasteiger partial charge is 0.480 e. The van der Waals surface area contributed by atoms with Crippen LogP contribution in [0.3, 0.4) is 0 Å². The Morgan fingerprint density at radius 1 is 1.31 bits per heavy atom. The normalized spacial score (nSPS) is 15.6. The lowest BCUT2D eigenvalue weighted by atomic mass is 9.89. The molecule has 0 aromatic heterocycles. The Hall–Kier alpha value is -2.46. The summed E-state index contributed by atoms with van der Waals surface area (Å²) in [4.78, 5) is 23.7. The number of aliphatic carboxylic acids is 1. The molecule has 3 N–H and O–H groups in total. The third-order valence-electron chi connectivity index (χ3n) is 5.19. The Morgan fingerprint density at radius 3 is 2.66 bits per heavy atom. The van der Waals surface area contributed by atoms with Crippen LogP contribution in [0.25, 0.3) is 0 Å². The highest BCUT2D eigenvalue weighted by Gasteiger charge is 2.22. The van der Waals surface area contributed by atoms with Crippen molar-refractivity contribution >= 4 is 23.6 Å². The Bertz CT molecular complexity index is 801. The van der Waals surface area contributed by atoms with Crippen LogP contribution in [-0.4, -0.2) is 35.0 Å². The van der Waals surface area contributed by atoms with Crippen LogP contribution in [0.5, 0.6) is 0 Å². The number of rotatable bonds is 10. The van der Waals surface area contributed by atoms with Gasteiger partial charge in [-0.05, 0) is 67.2 Å². The smallest absolute Gasteiger partial charge is 0.326 e. The van der Waals surface area contributed by atoms with Gasteiger partial charge in [0.15, 0.2) is 0 Å². The summed E-state index contributed by atoms with van der Waals surface area (Å²) in [6, 6.07) is 7.35. The summed E-state index contributed by atoms with van der Waals surface area (Å²) in [5.41, 5.74) is 3.80. The second kappa shape index (κ2) is 11.5. The van der Waals surface area contributed by atoms with Crippen molar-refractivity contribution in [3.05, 3.63) is 46.7 Å². The van der Waals surface area contributed by atoms with E-state index < -0.39 is 17.9 Å². The predicted molar refractivity (Wildman–Crippen MR) is 116 cm³/mol. The van der Waals surface area contributed by atoms with Gasteiger partial charge in [-0.2, -0.15) is 17.0 Å². The van der Waals surface area contributed by atoms with E-state index in [1.165, 1.54) is 41.9 Å². The molecular weight excluding hydrogens is 386 g/mol. The minimum atomic E-state index is -1.10. The number of nitrogens with zero attached hydrogens (tertiary/aromatic N) is 1. The molecule has 1 amide bonds. The van der Waals surface area contributed by atoms with Gasteiger partial charge in [0, 0.05) is 6.20 Å². The number of benzene rings is 1. The molecule has 1 aromatic rings. The maximum atomic E-state index is 12.4. The lowest BCUT2D eigenvalue weighted by Crippen LogP contribution is -2.42. The highest BCUT2D eigenvalue weighted by molar-refractivity contribution is 7.98. The number of hydrogen-bond donors (Lipinski definition) is 3. The molecule has 0 saturated heterocycles. The fraction of sp³-hybridized carbons (Fsp3) is 0.500. The number of carbonyl (C=O) groups is 2. The van der Waals surface area contributed by atoms with E-state index in [0.29, 0.717) is 12.2 Å². The number of amides is 1. The average Bonchev–Trinajstić information content (AvgIpc) is 2.73. The number of carboxylic acids is 1. The number of carboxylic acid groups (broad SMARTS) is 1. The van der Waals surface area contributed by atoms with Crippen molar-refractivity contribution < 1.29 is 14.7 Å². The molecule has 0 fully saturated rings. The van der Waals surface area contributed by atoms with Crippen LogP contribution in [0, 0.1) is 11.3 Å². The van der Waals surface area contributed by atoms with Crippen molar-refractivity contribution in [3.8, 4) is 6.07 Å². The molecule has 0 radical (unpaired) electrons. The van der Waals surface area contributed by atoms with Gasteiger partial charge >= 0.3 is 5.97 Å². The van der Waals surface area contributed by atoms with Crippen molar-refractivity contribution in [2.75, 3.05) is 12.0 Å². The van der Waals surface area contributed by atoms with Gasteiger partial charge in [-0.15, -0.1) is 0 Å². The summed E-state index contributed by atoms with van der Waals surface area (Å²) in [7, 11) is 0. The predicted octanol–water partition coefficient (Wildman–Crippen LogP) is 3.34. The number of nitriles is 1. The van der Waals surface area contributed by atoms with E-state index >= 15 is 0 Å². The second-order valence-corrected chi connectivity index (χ2v) is 8.16. The van der Waals surface area contributed by atoms with Crippen molar-refractivity contribution in [1.82, 2.24) is 10.6 Å². The second-order valence-electron chi connectivity index (χ2n) is 7.18. The molecule has 7 heteroatoms. The number of thioether (sulfide) groups is 1. The zero-order valence-electron chi connectivity index (χ0n) is 17.0. The lowest BCUT2D eigenvalue weighted by molar-refractivity contribution is -0.141. The molecule has 0 bridgehead atoms. The standard InChI is InChI=1S/C22H29N3O3S/c1-3-19(17-9-8-15-6-4-5-7-16(15)12-17)24-14-18(13-23)21(26)25-20(22(27)28)10-11-29-2/h8-9,12,14,19-20,24H,3-7,10-11H2,1-2H3,(H,25,26)(H,27,28)/b18-14-. The number of aryl methyl sites for hydroxylation is 2.